The third-order valence-corrected chi connectivity index (χ3v) is 3.44. The SMILES string of the molecule is CC(C)(C)[C@@]1(C)Oc2cccc(C(=O)C(F)(F)F)c2O1. The number of alkyl halides is 3. The Balaban J connectivity index is 2.47. The van der Waals surface area contributed by atoms with Crippen LogP contribution in [0.3, 0.4) is 0 Å². The predicted molar refractivity (Wildman–Crippen MR) is 65.9 cm³/mol. The first kappa shape index (κ1) is 14.7. The second-order valence-corrected chi connectivity index (χ2v) is 5.86. The summed E-state index contributed by atoms with van der Waals surface area (Å²) in [6.45, 7) is 7.15. The van der Waals surface area contributed by atoms with Gasteiger partial charge in [0.15, 0.2) is 11.5 Å². The largest absolute Gasteiger partial charge is 0.455 e. The maximum Gasteiger partial charge on any atom is 0.455 e. The number of hydrogen-bond acceptors (Lipinski definition) is 3. The molecule has 0 spiro atoms. The van der Waals surface area contributed by atoms with E-state index in [1.165, 1.54) is 12.1 Å². The first-order chi connectivity index (χ1) is 8.96. The Morgan fingerprint density at radius 3 is 2.25 bits per heavy atom. The standard InChI is InChI=1S/C14H15F3O3/c1-12(2,3)13(4)19-9-7-5-6-8(10(9)20-13)11(18)14(15,16)17/h5-7H,1-4H3/t13-/m0/s1. The maximum absolute atomic E-state index is 12.6. The summed E-state index contributed by atoms with van der Waals surface area (Å²) >= 11 is 0. The minimum atomic E-state index is -4.95. The summed E-state index contributed by atoms with van der Waals surface area (Å²) in [5.41, 5.74) is -1.01. The molecular weight excluding hydrogens is 273 g/mol. The Bertz CT molecular complexity index is 558. The lowest BCUT2D eigenvalue weighted by Crippen LogP contribution is -2.47. The first-order valence-corrected chi connectivity index (χ1v) is 6.08. The summed E-state index contributed by atoms with van der Waals surface area (Å²) in [5.74, 6) is -3.06. The number of rotatable bonds is 1. The second-order valence-electron chi connectivity index (χ2n) is 5.86. The minimum Gasteiger partial charge on any atom is -0.448 e. The fraction of sp³-hybridized carbons (Fsp3) is 0.500. The second kappa shape index (κ2) is 4.14. The van der Waals surface area contributed by atoms with Crippen LogP contribution in [0.15, 0.2) is 18.2 Å². The van der Waals surface area contributed by atoms with Gasteiger partial charge in [-0.05, 0) is 12.1 Å². The van der Waals surface area contributed by atoms with Crippen molar-refractivity contribution in [3.05, 3.63) is 23.8 Å². The molecule has 0 aliphatic carbocycles. The Morgan fingerprint density at radius 2 is 1.75 bits per heavy atom. The summed E-state index contributed by atoms with van der Waals surface area (Å²) < 4.78 is 48.9. The molecule has 1 aromatic carbocycles. The zero-order valence-electron chi connectivity index (χ0n) is 11.6. The highest BCUT2D eigenvalue weighted by Crippen LogP contribution is 2.48. The molecule has 1 aromatic rings. The van der Waals surface area contributed by atoms with Gasteiger partial charge in [0.2, 0.25) is 0 Å². The van der Waals surface area contributed by atoms with Gasteiger partial charge >= 0.3 is 6.18 Å². The molecule has 3 nitrogen and oxygen atoms in total. The summed E-state index contributed by atoms with van der Waals surface area (Å²) in [7, 11) is 0. The quantitative estimate of drug-likeness (QED) is 0.734. The molecule has 0 saturated carbocycles. The molecule has 1 heterocycles. The van der Waals surface area contributed by atoms with Crippen molar-refractivity contribution in [3.63, 3.8) is 0 Å². The molecule has 110 valence electrons. The summed E-state index contributed by atoms with van der Waals surface area (Å²) in [6, 6.07) is 3.92. The Morgan fingerprint density at radius 1 is 1.15 bits per heavy atom. The lowest BCUT2D eigenvalue weighted by molar-refractivity contribution is -0.143. The van der Waals surface area contributed by atoms with Crippen molar-refractivity contribution in [2.45, 2.75) is 39.7 Å². The van der Waals surface area contributed by atoms with Crippen LogP contribution in [-0.4, -0.2) is 17.7 Å². The minimum absolute atomic E-state index is 0.146. The van der Waals surface area contributed by atoms with Gasteiger partial charge in [-0.25, -0.2) is 0 Å². The van der Waals surface area contributed by atoms with Crippen LogP contribution in [0.1, 0.15) is 38.1 Å². The van der Waals surface area contributed by atoms with Gasteiger partial charge in [0, 0.05) is 12.3 Å². The van der Waals surface area contributed by atoms with Crippen molar-refractivity contribution in [1.29, 1.82) is 0 Å². The normalized spacial score (nSPS) is 21.9. The zero-order chi connectivity index (χ0) is 15.3. The van der Waals surface area contributed by atoms with E-state index in [0.717, 1.165) is 6.07 Å². The molecule has 2 rings (SSSR count). The van der Waals surface area contributed by atoms with Crippen LogP contribution < -0.4 is 9.47 Å². The number of fused-ring (bicyclic) bond motifs is 1. The van der Waals surface area contributed by atoms with Gasteiger partial charge in [-0.1, -0.05) is 26.8 Å². The number of hydrogen-bond donors (Lipinski definition) is 0. The van der Waals surface area contributed by atoms with Crippen molar-refractivity contribution in [1.82, 2.24) is 0 Å². The topological polar surface area (TPSA) is 35.5 Å². The van der Waals surface area contributed by atoms with E-state index in [1.807, 2.05) is 20.8 Å². The van der Waals surface area contributed by atoms with Crippen molar-refractivity contribution in [3.8, 4) is 11.5 Å². The Labute approximate surface area is 114 Å². The Kier molecular flexibility index (Phi) is 3.04. The highest BCUT2D eigenvalue weighted by Gasteiger charge is 2.50. The molecule has 0 aromatic heterocycles. The monoisotopic (exact) mass is 288 g/mol. The van der Waals surface area contributed by atoms with Gasteiger partial charge in [-0.3, -0.25) is 4.79 Å². The van der Waals surface area contributed by atoms with Gasteiger partial charge in [0.25, 0.3) is 11.6 Å². The molecular formula is C14H15F3O3. The molecule has 0 saturated heterocycles. The molecule has 1 aliphatic heterocycles. The molecule has 20 heavy (non-hydrogen) atoms. The molecule has 0 bridgehead atoms. The average Bonchev–Trinajstić information content (AvgIpc) is 2.63. The maximum atomic E-state index is 12.6. The van der Waals surface area contributed by atoms with Gasteiger partial charge in [-0.15, -0.1) is 0 Å². The van der Waals surface area contributed by atoms with Gasteiger partial charge in [-0.2, -0.15) is 13.2 Å². The molecule has 0 fully saturated rings. The number of benzene rings is 1. The van der Waals surface area contributed by atoms with E-state index in [9.17, 15) is 18.0 Å². The van der Waals surface area contributed by atoms with Crippen molar-refractivity contribution in [2.24, 2.45) is 5.41 Å². The van der Waals surface area contributed by atoms with Crippen molar-refractivity contribution in [2.75, 3.05) is 0 Å². The van der Waals surface area contributed by atoms with Crippen LogP contribution >= 0.6 is 0 Å². The number of ether oxygens (including phenoxy) is 2. The number of ketones is 1. The number of para-hydroxylation sites is 1. The van der Waals surface area contributed by atoms with E-state index in [2.05, 4.69) is 0 Å². The predicted octanol–water partition coefficient (Wildman–Crippen LogP) is 3.97. The van der Waals surface area contributed by atoms with E-state index in [1.54, 1.807) is 6.92 Å². The van der Waals surface area contributed by atoms with E-state index >= 15 is 0 Å². The van der Waals surface area contributed by atoms with Gasteiger partial charge in [0.1, 0.15) is 0 Å². The number of carbonyl (C=O) groups is 1. The lowest BCUT2D eigenvalue weighted by Gasteiger charge is -2.35. The molecule has 0 unspecified atom stereocenters. The fourth-order valence-electron chi connectivity index (χ4n) is 1.76. The zero-order valence-corrected chi connectivity index (χ0v) is 11.6. The van der Waals surface area contributed by atoms with Crippen LogP contribution in [0.5, 0.6) is 11.5 Å². The average molecular weight is 288 g/mol. The lowest BCUT2D eigenvalue weighted by atomic mass is 9.87. The molecule has 0 amide bonds. The fourth-order valence-corrected chi connectivity index (χ4v) is 1.76. The number of Topliss-reactive ketones (excluding diaryl/α,β-unsaturated/α-hetero) is 1. The highest BCUT2D eigenvalue weighted by atomic mass is 19.4. The van der Waals surface area contributed by atoms with Crippen LogP contribution in [0.2, 0.25) is 0 Å². The third kappa shape index (κ3) is 2.23. The number of carbonyl (C=O) groups excluding carboxylic acids is 1. The summed E-state index contributed by atoms with van der Waals surface area (Å²) in [4.78, 5) is 11.4. The van der Waals surface area contributed by atoms with Crippen LogP contribution in [0, 0.1) is 5.41 Å². The summed E-state index contributed by atoms with van der Waals surface area (Å²) in [6.07, 6.45) is -4.95. The molecule has 0 N–H and O–H groups in total. The number of halogens is 3. The third-order valence-electron chi connectivity index (χ3n) is 3.44. The molecule has 6 heteroatoms. The summed E-state index contributed by atoms with van der Waals surface area (Å²) in [5, 5.41) is 0. The highest BCUT2D eigenvalue weighted by molar-refractivity contribution is 6.03. The molecule has 0 radical (unpaired) electrons. The van der Waals surface area contributed by atoms with E-state index in [4.69, 9.17) is 9.47 Å². The van der Waals surface area contributed by atoms with Gasteiger partial charge in [0.05, 0.1) is 5.56 Å². The molecule has 1 atom stereocenters. The first-order valence-electron chi connectivity index (χ1n) is 6.08. The van der Waals surface area contributed by atoms with Crippen LogP contribution in [0.25, 0.3) is 0 Å². The van der Waals surface area contributed by atoms with Crippen LogP contribution in [0.4, 0.5) is 13.2 Å². The van der Waals surface area contributed by atoms with Crippen molar-refractivity contribution < 1.29 is 27.4 Å². The van der Waals surface area contributed by atoms with E-state index in [-0.39, 0.29) is 11.5 Å². The van der Waals surface area contributed by atoms with Crippen LogP contribution in [-0.2, 0) is 0 Å². The Hall–Kier alpha value is -1.72. The van der Waals surface area contributed by atoms with E-state index in [0.29, 0.717) is 0 Å². The van der Waals surface area contributed by atoms with E-state index < -0.39 is 28.7 Å². The van der Waals surface area contributed by atoms with Crippen molar-refractivity contribution >= 4 is 5.78 Å². The van der Waals surface area contributed by atoms with Gasteiger partial charge < -0.3 is 9.47 Å². The smallest absolute Gasteiger partial charge is 0.448 e. The molecule has 1 aliphatic rings.